The Morgan fingerprint density at radius 2 is 1.86 bits per heavy atom. The van der Waals surface area contributed by atoms with Crippen molar-refractivity contribution in [1.82, 2.24) is 10.3 Å². The van der Waals surface area contributed by atoms with Crippen LogP contribution >= 0.6 is 0 Å². The fourth-order valence-corrected chi connectivity index (χ4v) is 3.42. The minimum Gasteiger partial charge on any atom is -0.311 e. The van der Waals surface area contributed by atoms with Crippen LogP contribution in [0.3, 0.4) is 0 Å². The Hall–Kier alpha value is -1.43. The smallest absolute Gasteiger partial charge is 0.311 e. The molecule has 0 radical (unpaired) electrons. The topological polar surface area (TPSA) is 42.0 Å². The molecule has 6 heteroatoms. The Labute approximate surface area is 120 Å². The van der Waals surface area contributed by atoms with Gasteiger partial charge in [0.05, 0.1) is 0 Å². The van der Waals surface area contributed by atoms with Crippen LogP contribution in [0.15, 0.2) is 18.3 Å². The van der Waals surface area contributed by atoms with E-state index < -0.39 is 11.9 Å². The van der Waals surface area contributed by atoms with Crippen LogP contribution in [0.5, 0.6) is 0 Å². The lowest BCUT2D eigenvalue weighted by Gasteiger charge is -2.39. The van der Waals surface area contributed by atoms with Gasteiger partial charge in [-0.1, -0.05) is 6.42 Å². The summed E-state index contributed by atoms with van der Waals surface area (Å²) >= 11 is 0. The predicted molar refractivity (Wildman–Crippen MR) is 70.9 cm³/mol. The first-order valence-corrected chi connectivity index (χ1v) is 7.27. The van der Waals surface area contributed by atoms with Gasteiger partial charge in [0.1, 0.15) is 5.69 Å². The van der Waals surface area contributed by atoms with E-state index in [0.717, 1.165) is 37.9 Å². The van der Waals surface area contributed by atoms with Crippen LogP contribution in [-0.4, -0.2) is 22.9 Å². The molecule has 3 heterocycles. The molecule has 0 saturated carbocycles. The summed E-state index contributed by atoms with van der Waals surface area (Å²) in [6.45, 7) is 0. The first-order chi connectivity index (χ1) is 9.93. The number of piperidine rings is 2. The van der Waals surface area contributed by atoms with Crippen molar-refractivity contribution >= 4 is 5.78 Å². The van der Waals surface area contributed by atoms with Crippen molar-refractivity contribution in [3.05, 3.63) is 29.6 Å². The molecule has 21 heavy (non-hydrogen) atoms. The number of aromatic nitrogens is 1. The Morgan fingerprint density at radius 3 is 2.38 bits per heavy atom. The molecule has 0 amide bonds. The molecule has 2 aliphatic rings. The third-order valence-electron chi connectivity index (χ3n) is 4.42. The molecule has 3 rings (SSSR count). The number of rotatable bonds is 2. The summed E-state index contributed by atoms with van der Waals surface area (Å²) in [4.78, 5) is 15.8. The zero-order chi connectivity index (χ0) is 15.0. The van der Waals surface area contributed by atoms with E-state index in [2.05, 4.69) is 10.3 Å². The predicted octanol–water partition coefficient (Wildman–Crippen LogP) is 3.20. The number of carbonyl (C=O) groups is 1. The summed E-state index contributed by atoms with van der Waals surface area (Å²) in [5.74, 6) is -0.172. The number of hydrogen-bond acceptors (Lipinski definition) is 3. The molecule has 0 spiro atoms. The monoisotopic (exact) mass is 298 g/mol. The van der Waals surface area contributed by atoms with Gasteiger partial charge in [0, 0.05) is 29.8 Å². The minimum atomic E-state index is -4.46. The maximum Gasteiger partial charge on any atom is 0.433 e. The van der Waals surface area contributed by atoms with Gasteiger partial charge in [-0.3, -0.25) is 9.78 Å². The molecule has 114 valence electrons. The highest BCUT2D eigenvalue weighted by atomic mass is 19.4. The van der Waals surface area contributed by atoms with Gasteiger partial charge in [-0.05, 0) is 37.8 Å². The lowest BCUT2D eigenvalue weighted by atomic mass is 9.77. The van der Waals surface area contributed by atoms with Gasteiger partial charge in [-0.2, -0.15) is 13.2 Å². The summed E-state index contributed by atoms with van der Waals surface area (Å²) in [6.07, 6.45) is 1.48. The van der Waals surface area contributed by atoms with Crippen LogP contribution in [0, 0.1) is 5.92 Å². The Bertz CT molecular complexity index is 515. The average molecular weight is 298 g/mol. The number of fused-ring (bicyclic) bond motifs is 2. The second kappa shape index (κ2) is 5.40. The summed E-state index contributed by atoms with van der Waals surface area (Å²) in [7, 11) is 0. The van der Waals surface area contributed by atoms with Crippen molar-refractivity contribution in [1.29, 1.82) is 0 Å². The number of nitrogens with zero attached hydrogens (tertiary/aromatic N) is 1. The molecular weight excluding hydrogens is 281 g/mol. The fraction of sp³-hybridized carbons (Fsp3) is 0.600. The lowest BCUT2D eigenvalue weighted by Crippen LogP contribution is -2.50. The second-order valence-corrected chi connectivity index (χ2v) is 5.95. The number of pyridine rings is 1. The van der Waals surface area contributed by atoms with E-state index in [0.29, 0.717) is 12.1 Å². The van der Waals surface area contributed by atoms with Crippen molar-refractivity contribution in [2.24, 2.45) is 5.92 Å². The first-order valence-electron chi connectivity index (χ1n) is 7.27. The maximum atomic E-state index is 12.5. The van der Waals surface area contributed by atoms with E-state index in [-0.39, 0.29) is 17.3 Å². The molecule has 2 fully saturated rings. The molecule has 0 aromatic carbocycles. The Balaban J connectivity index is 1.73. The number of halogens is 3. The highest BCUT2D eigenvalue weighted by Gasteiger charge is 2.36. The van der Waals surface area contributed by atoms with Crippen LogP contribution in [0.1, 0.15) is 48.2 Å². The van der Waals surface area contributed by atoms with Crippen molar-refractivity contribution in [2.75, 3.05) is 0 Å². The largest absolute Gasteiger partial charge is 0.433 e. The minimum absolute atomic E-state index is 0.0744. The number of Topliss-reactive ketones (excluding diaryl/α,β-unsaturated/α-hetero) is 1. The molecular formula is C15H17F3N2O. The quantitative estimate of drug-likeness (QED) is 0.853. The molecule has 0 aliphatic carbocycles. The van der Waals surface area contributed by atoms with Gasteiger partial charge in [-0.25, -0.2) is 0 Å². The lowest BCUT2D eigenvalue weighted by molar-refractivity contribution is -0.141. The molecule has 2 atom stereocenters. The van der Waals surface area contributed by atoms with Crippen LogP contribution in [0.4, 0.5) is 13.2 Å². The molecule has 2 aliphatic heterocycles. The van der Waals surface area contributed by atoms with E-state index in [1.54, 1.807) is 0 Å². The summed E-state index contributed by atoms with van der Waals surface area (Å²) in [5.41, 5.74) is -0.672. The molecule has 1 N–H and O–H groups in total. The molecule has 1 aromatic rings. The molecule has 3 nitrogen and oxygen atoms in total. The summed E-state index contributed by atoms with van der Waals surface area (Å²) in [5, 5.41) is 3.50. The number of alkyl halides is 3. The standard InChI is InChI=1S/C15H17F3N2O/c16-15(17,18)13-5-4-9(8-19-13)14(21)10-6-11-2-1-3-12(7-10)20-11/h4-5,8,10-12,20H,1-3,6-7H2. The summed E-state index contributed by atoms with van der Waals surface area (Å²) in [6, 6.07) is 2.87. The normalized spacial score (nSPS) is 29.2. The zero-order valence-electron chi connectivity index (χ0n) is 11.5. The summed E-state index contributed by atoms with van der Waals surface area (Å²) < 4.78 is 37.4. The first kappa shape index (κ1) is 14.5. The number of hydrogen-bond donors (Lipinski definition) is 1. The SMILES string of the molecule is O=C(c1ccc(C(F)(F)F)nc1)C1CC2CCCC(C1)N2. The van der Waals surface area contributed by atoms with E-state index >= 15 is 0 Å². The van der Waals surface area contributed by atoms with E-state index in [1.807, 2.05) is 0 Å². The number of ketones is 1. The van der Waals surface area contributed by atoms with Crippen molar-refractivity contribution in [3.63, 3.8) is 0 Å². The van der Waals surface area contributed by atoms with Gasteiger partial charge >= 0.3 is 6.18 Å². The Morgan fingerprint density at radius 1 is 1.19 bits per heavy atom. The van der Waals surface area contributed by atoms with Crippen LogP contribution in [0.2, 0.25) is 0 Å². The molecule has 2 unspecified atom stereocenters. The third-order valence-corrected chi connectivity index (χ3v) is 4.42. The molecule has 1 aromatic heterocycles. The van der Waals surface area contributed by atoms with Crippen molar-refractivity contribution in [2.45, 2.75) is 50.4 Å². The van der Waals surface area contributed by atoms with Gasteiger partial charge in [0.2, 0.25) is 0 Å². The number of carbonyl (C=O) groups excluding carboxylic acids is 1. The highest BCUT2D eigenvalue weighted by Crippen LogP contribution is 2.32. The van der Waals surface area contributed by atoms with E-state index in [9.17, 15) is 18.0 Å². The van der Waals surface area contributed by atoms with Crippen LogP contribution < -0.4 is 5.32 Å². The third kappa shape index (κ3) is 3.10. The zero-order valence-corrected chi connectivity index (χ0v) is 11.5. The van der Waals surface area contributed by atoms with Gasteiger partial charge in [0.25, 0.3) is 0 Å². The second-order valence-electron chi connectivity index (χ2n) is 5.95. The van der Waals surface area contributed by atoms with E-state index in [1.165, 1.54) is 12.5 Å². The van der Waals surface area contributed by atoms with Crippen molar-refractivity contribution in [3.8, 4) is 0 Å². The average Bonchev–Trinajstić information content (AvgIpc) is 2.45. The van der Waals surface area contributed by atoms with E-state index in [4.69, 9.17) is 0 Å². The molecule has 2 bridgehead atoms. The van der Waals surface area contributed by atoms with Gasteiger partial charge in [0.15, 0.2) is 5.78 Å². The van der Waals surface area contributed by atoms with Crippen LogP contribution in [-0.2, 0) is 6.18 Å². The maximum absolute atomic E-state index is 12.5. The number of nitrogens with one attached hydrogen (secondary N) is 1. The fourth-order valence-electron chi connectivity index (χ4n) is 3.42. The van der Waals surface area contributed by atoms with Crippen molar-refractivity contribution < 1.29 is 18.0 Å². The van der Waals surface area contributed by atoms with Gasteiger partial charge < -0.3 is 5.32 Å². The highest BCUT2D eigenvalue weighted by molar-refractivity contribution is 5.97. The molecule has 2 saturated heterocycles. The van der Waals surface area contributed by atoms with Crippen LogP contribution in [0.25, 0.3) is 0 Å². The van der Waals surface area contributed by atoms with Gasteiger partial charge in [-0.15, -0.1) is 0 Å². The Kier molecular flexibility index (Phi) is 3.73.